The maximum Gasteiger partial charge on any atom is 0.151 e. The number of aromatic amines is 1. The van der Waals surface area contributed by atoms with Gasteiger partial charge in [0.1, 0.15) is 0 Å². The van der Waals surface area contributed by atoms with E-state index in [1.54, 1.807) is 0 Å². The Morgan fingerprint density at radius 3 is 3.05 bits per heavy atom. The molecule has 0 spiro atoms. The lowest BCUT2D eigenvalue weighted by atomic mass is 9.96. The average molecular weight is 274 g/mol. The second kappa shape index (κ2) is 4.65. The summed E-state index contributed by atoms with van der Waals surface area (Å²) in [5.41, 5.74) is 3.97. The number of fused-ring (bicyclic) bond motifs is 3. The summed E-state index contributed by atoms with van der Waals surface area (Å²) < 4.78 is 0. The number of aryl methyl sites for hydroxylation is 1. The Labute approximate surface area is 116 Å². The molecule has 0 atom stereocenters. The molecule has 2 aliphatic rings. The molecule has 2 aromatic rings. The SMILES string of the molecule is c1cc2c(s1)CCc1c(NC3CCNCC3)n[nH]c1-2. The van der Waals surface area contributed by atoms with Gasteiger partial charge in [-0.15, -0.1) is 11.3 Å². The van der Waals surface area contributed by atoms with Crippen LogP contribution in [-0.2, 0) is 12.8 Å². The lowest BCUT2D eigenvalue weighted by molar-refractivity contribution is 0.478. The van der Waals surface area contributed by atoms with Crippen LogP contribution in [0.3, 0.4) is 0 Å². The minimum absolute atomic E-state index is 0.567. The summed E-state index contributed by atoms with van der Waals surface area (Å²) in [6.45, 7) is 2.22. The summed E-state index contributed by atoms with van der Waals surface area (Å²) in [7, 11) is 0. The van der Waals surface area contributed by atoms with Gasteiger partial charge >= 0.3 is 0 Å². The molecule has 0 saturated carbocycles. The van der Waals surface area contributed by atoms with Gasteiger partial charge in [0.2, 0.25) is 0 Å². The van der Waals surface area contributed by atoms with E-state index in [1.165, 1.54) is 34.5 Å². The summed E-state index contributed by atoms with van der Waals surface area (Å²) in [4.78, 5) is 1.49. The summed E-state index contributed by atoms with van der Waals surface area (Å²) in [5.74, 6) is 1.08. The van der Waals surface area contributed by atoms with E-state index in [1.807, 2.05) is 11.3 Å². The number of hydrogen-bond donors (Lipinski definition) is 3. The Kier molecular flexibility index (Phi) is 2.81. The zero-order valence-electron chi connectivity index (χ0n) is 10.8. The molecule has 4 rings (SSSR count). The van der Waals surface area contributed by atoms with Crippen LogP contribution in [0.5, 0.6) is 0 Å². The van der Waals surface area contributed by atoms with E-state index in [0.717, 1.165) is 31.7 Å². The number of thiophene rings is 1. The van der Waals surface area contributed by atoms with Crippen LogP contribution in [0.4, 0.5) is 5.82 Å². The Balaban J connectivity index is 1.62. The normalized spacial score (nSPS) is 18.9. The van der Waals surface area contributed by atoms with E-state index in [9.17, 15) is 0 Å². The smallest absolute Gasteiger partial charge is 0.151 e. The van der Waals surface area contributed by atoms with Crippen LogP contribution in [0.15, 0.2) is 11.4 Å². The van der Waals surface area contributed by atoms with Crippen molar-refractivity contribution in [3.63, 3.8) is 0 Å². The molecule has 1 aliphatic carbocycles. The first-order valence-electron chi connectivity index (χ1n) is 7.03. The van der Waals surface area contributed by atoms with Gasteiger partial charge < -0.3 is 10.6 Å². The molecule has 3 heterocycles. The fraction of sp³-hybridized carbons (Fsp3) is 0.500. The Hall–Kier alpha value is -1.33. The highest BCUT2D eigenvalue weighted by Gasteiger charge is 2.24. The fourth-order valence-corrected chi connectivity index (χ4v) is 3.99. The molecular formula is C14H18N4S. The van der Waals surface area contributed by atoms with Crippen LogP contribution in [0.25, 0.3) is 11.3 Å². The van der Waals surface area contributed by atoms with Gasteiger partial charge in [-0.1, -0.05) is 0 Å². The number of aromatic nitrogens is 2. The Bertz CT molecular complexity index is 580. The van der Waals surface area contributed by atoms with E-state index < -0.39 is 0 Å². The number of piperidine rings is 1. The Morgan fingerprint density at radius 1 is 1.26 bits per heavy atom. The van der Waals surface area contributed by atoms with Crippen LogP contribution in [0.1, 0.15) is 23.3 Å². The molecule has 0 radical (unpaired) electrons. The van der Waals surface area contributed by atoms with E-state index in [2.05, 4.69) is 32.3 Å². The van der Waals surface area contributed by atoms with E-state index in [4.69, 9.17) is 0 Å². The van der Waals surface area contributed by atoms with Gasteiger partial charge in [-0.2, -0.15) is 5.10 Å². The third kappa shape index (κ3) is 1.97. The number of rotatable bonds is 2. The predicted molar refractivity (Wildman–Crippen MR) is 78.8 cm³/mol. The fourth-order valence-electron chi connectivity index (χ4n) is 3.11. The first-order valence-corrected chi connectivity index (χ1v) is 7.91. The molecule has 0 unspecified atom stereocenters. The first-order chi connectivity index (χ1) is 9.42. The maximum atomic E-state index is 4.52. The molecule has 2 aromatic heterocycles. The number of H-pyrrole nitrogens is 1. The van der Waals surface area contributed by atoms with Crippen molar-refractivity contribution in [1.82, 2.24) is 15.5 Å². The van der Waals surface area contributed by atoms with Gasteiger partial charge in [0.25, 0.3) is 0 Å². The molecular weight excluding hydrogens is 256 g/mol. The number of anilines is 1. The zero-order valence-corrected chi connectivity index (χ0v) is 11.6. The summed E-state index contributed by atoms with van der Waals surface area (Å²) in [6, 6.07) is 2.78. The maximum absolute atomic E-state index is 4.52. The minimum atomic E-state index is 0.567. The molecule has 1 saturated heterocycles. The molecule has 19 heavy (non-hydrogen) atoms. The molecule has 0 bridgehead atoms. The van der Waals surface area contributed by atoms with Crippen molar-refractivity contribution in [2.45, 2.75) is 31.7 Å². The van der Waals surface area contributed by atoms with Crippen molar-refractivity contribution in [3.8, 4) is 11.3 Å². The highest BCUT2D eigenvalue weighted by atomic mass is 32.1. The molecule has 0 aromatic carbocycles. The van der Waals surface area contributed by atoms with Crippen molar-refractivity contribution in [2.75, 3.05) is 18.4 Å². The average Bonchev–Trinajstić information content (AvgIpc) is 3.06. The molecule has 0 amide bonds. The van der Waals surface area contributed by atoms with Crippen LogP contribution >= 0.6 is 11.3 Å². The van der Waals surface area contributed by atoms with Gasteiger partial charge in [0.15, 0.2) is 5.82 Å². The number of nitrogens with zero attached hydrogens (tertiary/aromatic N) is 1. The molecule has 1 aliphatic heterocycles. The van der Waals surface area contributed by atoms with Crippen LogP contribution in [0, 0.1) is 0 Å². The first kappa shape index (κ1) is 11.5. The van der Waals surface area contributed by atoms with E-state index >= 15 is 0 Å². The third-order valence-corrected chi connectivity index (χ3v) is 5.14. The summed E-state index contributed by atoms with van der Waals surface area (Å²) in [6.07, 6.45) is 4.63. The zero-order chi connectivity index (χ0) is 12.7. The number of nitrogens with one attached hydrogen (secondary N) is 3. The second-order valence-corrected chi connectivity index (χ2v) is 6.35. The molecule has 4 nitrogen and oxygen atoms in total. The van der Waals surface area contributed by atoms with Gasteiger partial charge in [-0.3, -0.25) is 5.10 Å². The molecule has 3 N–H and O–H groups in total. The third-order valence-electron chi connectivity index (χ3n) is 4.16. The molecule has 5 heteroatoms. The second-order valence-electron chi connectivity index (χ2n) is 5.35. The van der Waals surface area contributed by atoms with Crippen molar-refractivity contribution in [2.24, 2.45) is 0 Å². The molecule has 1 fully saturated rings. The summed E-state index contributed by atoms with van der Waals surface area (Å²) in [5, 5.41) is 17.0. The van der Waals surface area contributed by atoms with E-state index in [0.29, 0.717) is 6.04 Å². The monoisotopic (exact) mass is 274 g/mol. The lowest BCUT2D eigenvalue weighted by Crippen LogP contribution is -2.35. The predicted octanol–water partition coefficient (Wildman–Crippen LogP) is 2.40. The lowest BCUT2D eigenvalue weighted by Gasteiger charge is -2.24. The van der Waals surface area contributed by atoms with Crippen molar-refractivity contribution in [3.05, 3.63) is 21.9 Å². The largest absolute Gasteiger partial charge is 0.366 e. The van der Waals surface area contributed by atoms with Gasteiger partial charge in [-0.25, -0.2) is 0 Å². The minimum Gasteiger partial charge on any atom is -0.366 e. The highest BCUT2D eigenvalue weighted by Crippen LogP contribution is 2.38. The number of hydrogen-bond acceptors (Lipinski definition) is 4. The van der Waals surface area contributed by atoms with Crippen molar-refractivity contribution < 1.29 is 0 Å². The summed E-state index contributed by atoms with van der Waals surface area (Å²) >= 11 is 1.86. The van der Waals surface area contributed by atoms with Gasteiger partial charge in [0, 0.05) is 22.0 Å². The highest BCUT2D eigenvalue weighted by molar-refractivity contribution is 7.10. The van der Waals surface area contributed by atoms with Crippen LogP contribution in [0.2, 0.25) is 0 Å². The Morgan fingerprint density at radius 2 is 2.16 bits per heavy atom. The van der Waals surface area contributed by atoms with Gasteiger partial charge in [-0.05, 0) is 50.2 Å². The topological polar surface area (TPSA) is 52.7 Å². The van der Waals surface area contributed by atoms with Crippen LogP contribution < -0.4 is 10.6 Å². The van der Waals surface area contributed by atoms with Gasteiger partial charge in [0.05, 0.1) is 5.69 Å². The van der Waals surface area contributed by atoms with Crippen molar-refractivity contribution >= 4 is 17.2 Å². The van der Waals surface area contributed by atoms with Crippen molar-refractivity contribution in [1.29, 1.82) is 0 Å². The quantitative estimate of drug-likeness (QED) is 0.788. The molecule has 100 valence electrons. The standard InChI is InChI=1S/C14H18N4S/c1-2-12-10(5-8-19-12)13-11(1)14(18-17-13)16-9-3-6-15-7-4-9/h5,8-9,15H,1-4,6-7H2,(H2,16,17,18). The van der Waals surface area contributed by atoms with E-state index in [-0.39, 0.29) is 0 Å². The van der Waals surface area contributed by atoms with Crippen LogP contribution in [-0.4, -0.2) is 29.3 Å².